The number of carbonyl (C=O) groups is 1. The third-order valence-electron chi connectivity index (χ3n) is 3.60. The summed E-state index contributed by atoms with van der Waals surface area (Å²) in [7, 11) is 0. The highest BCUT2D eigenvalue weighted by molar-refractivity contribution is 9.10. The van der Waals surface area contributed by atoms with Crippen LogP contribution in [0.4, 0.5) is 4.79 Å². The molecule has 1 aromatic carbocycles. The highest BCUT2D eigenvalue weighted by atomic mass is 79.9. The number of aromatic nitrogens is 2. The molecule has 2 aromatic rings. The van der Waals surface area contributed by atoms with Crippen molar-refractivity contribution in [3.05, 3.63) is 22.8 Å². The van der Waals surface area contributed by atoms with E-state index < -0.39 is 6.09 Å². The maximum Gasteiger partial charge on any atom is 0.407 e. The van der Waals surface area contributed by atoms with Crippen molar-refractivity contribution in [3.63, 3.8) is 0 Å². The van der Waals surface area contributed by atoms with E-state index in [1.165, 1.54) is 4.90 Å². The summed E-state index contributed by atoms with van der Waals surface area (Å²) in [6.07, 6.45) is 1.12. The van der Waals surface area contributed by atoms with Crippen molar-refractivity contribution < 1.29 is 14.6 Å². The van der Waals surface area contributed by atoms with Crippen LogP contribution in [0, 0.1) is 5.92 Å². The van der Waals surface area contributed by atoms with E-state index in [9.17, 15) is 4.79 Å². The zero-order valence-corrected chi connectivity index (χ0v) is 13.2. The van der Waals surface area contributed by atoms with Crippen molar-refractivity contribution in [2.45, 2.75) is 13.5 Å². The Labute approximate surface area is 130 Å². The van der Waals surface area contributed by atoms with Gasteiger partial charge in [-0.05, 0) is 35.0 Å². The lowest BCUT2D eigenvalue weighted by molar-refractivity contribution is 0.0732. The molecule has 0 spiro atoms. The first-order valence-electron chi connectivity index (χ1n) is 6.84. The number of likely N-dealkylation sites (tertiary alicyclic amines) is 1. The van der Waals surface area contributed by atoms with Gasteiger partial charge in [0.1, 0.15) is 5.75 Å². The van der Waals surface area contributed by atoms with Gasteiger partial charge in [0, 0.05) is 31.7 Å². The van der Waals surface area contributed by atoms with Gasteiger partial charge in [0.2, 0.25) is 0 Å². The molecule has 1 aliphatic heterocycles. The maximum absolute atomic E-state index is 10.8. The predicted octanol–water partition coefficient (Wildman–Crippen LogP) is 2.81. The molecule has 2 heterocycles. The van der Waals surface area contributed by atoms with Gasteiger partial charge >= 0.3 is 6.09 Å². The molecular weight excluding hydrogens is 338 g/mol. The zero-order chi connectivity index (χ0) is 15.0. The summed E-state index contributed by atoms with van der Waals surface area (Å²) in [4.78, 5) is 12.2. The summed E-state index contributed by atoms with van der Waals surface area (Å²) >= 11 is 3.49. The van der Waals surface area contributed by atoms with Crippen LogP contribution in [-0.2, 0) is 6.54 Å². The number of halogens is 1. The molecule has 6 nitrogen and oxygen atoms in total. The minimum Gasteiger partial charge on any atom is -0.492 e. The van der Waals surface area contributed by atoms with Gasteiger partial charge in [0.15, 0.2) is 0 Å². The number of ether oxygens (including phenoxy) is 1. The second-order valence-corrected chi connectivity index (χ2v) is 6.00. The van der Waals surface area contributed by atoms with Crippen LogP contribution < -0.4 is 4.74 Å². The van der Waals surface area contributed by atoms with E-state index in [1.54, 1.807) is 0 Å². The minimum absolute atomic E-state index is 0.328. The van der Waals surface area contributed by atoms with Crippen molar-refractivity contribution in [1.29, 1.82) is 0 Å². The van der Waals surface area contributed by atoms with Gasteiger partial charge in [0.25, 0.3) is 0 Å². The highest BCUT2D eigenvalue weighted by Crippen LogP contribution is 2.33. The van der Waals surface area contributed by atoms with Crippen LogP contribution >= 0.6 is 15.9 Å². The fraction of sp³-hybridized carbons (Fsp3) is 0.429. The highest BCUT2D eigenvalue weighted by Gasteiger charge is 2.30. The number of amides is 1. The van der Waals surface area contributed by atoms with Crippen LogP contribution in [0.2, 0.25) is 0 Å². The Kier molecular flexibility index (Phi) is 3.75. The molecule has 21 heavy (non-hydrogen) atoms. The van der Waals surface area contributed by atoms with E-state index in [4.69, 9.17) is 9.84 Å². The Balaban J connectivity index is 1.79. The first kappa shape index (κ1) is 14.2. The maximum atomic E-state index is 10.8. The van der Waals surface area contributed by atoms with E-state index in [-0.39, 0.29) is 0 Å². The van der Waals surface area contributed by atoms with Gasteiger partial charge in [-0.3, -0.25) is 4.68 Å². The number of hydrogen-bond donors (Lipinski definition) is 1. The van der Waals surface area contributed by atoms with Crippen molar-refractivity contribution in [3.8, 4) is 5.75 Å². The van der Waals surface area contributed by atoms with E-state index in [2.05, 4.69) is 21.0 Å². The molecule has 0 atom stereocenters. The summed E-state index contributed by atoms with van der Waals surface area (Å²) in [6, 6.07) is 3.88. The Bertz CT molecular complexity index is 679. The molecule has 0 unspecified atom stereocenters. The van der Waals surface area contributed by atoms with Crippen molar-refractivity contribution in [1.82, 2.24) is 14.7 Å². The molecule has 0 radical (unpaired) electrons. The molecule has 0 saturated carbocycles. The van der Waals surface area contributed by atoms with Gasteiger partial charge in [-0.25, -0.2) is 4.79 Å². The normalized spacial score (nSPS) is 15.2. The van der Waals surface area contributed by atoms with E-state index in [1.807, 2.05) is 29.9 Å². The fourth-order valence-electron chi connectivity index (χ4n) is 2.58. The number of benzene rings is 1. The standard InChI is InChI=1S/C14H16BrN3O3/c1-2-21-13-10-8-18(16-12(10)4-3-11(13)15)7-9-5-17(6-9)14(19)20/h3-4,8-9H,2,5-7H2,1H3,(H,19,20). The van der Waals surface area contributed by atoms with Crippen molar-refractivity contribution >= 4 is 32.9 Å². The summed E-state index contributed by atoms with van der Waals surface area (Å²) in [6.45, 7) is 4.42. The van der Waals surface area contributed by atoms with Crippen molar-refractivity contribution in [2.24, 2.45) is 5.92 Å². The first-order valence-corrected chi connectivity index (χ1v) is 7.64. The number of nitrogens with zero attached hydrogens (tertiary/aromatic N) is 3. The lowest BCUT2D eigenvalue weighted by atomic mass is 10.0. The summed E-state index contributed by atoms with van der Waals surface area (Å²) in [5.41, 5.74) is 0.885. The van der Waals surface area contributed by atoms with E-state index in [0.717, 1.165) is 27.7 Å². The van der Waals surface area contributed by atoms with Gasteiger partial charge in [-0.1, -0.05) is 0 Å². The van der Waals surface area contributed by atoms with Crippen LogP contribution in [0.25, 0.3) is 10.9 Å². The van der Waals surface area contributed by atoms with Crippen LogP contribution in [-0.4, -0.2) is 45.6 Å². The SMILES string of the molecule is CCOc1c(Br)ccc2nn(CC3CN(C(=O)O)C3)cc12. The first-order chi connectivity index (χ1) is 10.1. The average Bonchev–Trinajstić information content (AvgIpc) is 2.79. The lowest BCUT2D eigenvalue weighted by Gasteiger charge is -2.36. The molecule has 1 aliphatic rings. The van der Waals surface area contributed by atoms with Gasteiger partial charge < -0.3 is 14.7 Å². The summed E-state index contributed by atoms with van der Waals surface area (Å²) in [5.74, 6) is 1.14. The topological polar surface area (TPSA) is 67.6 Å². The second kappa shape index (κ2) is 5.55. The Morgan fingerprint density at radius 1 is 1.52 bits per heavy atom. The average molecular weight is 354 g/mol. The van der Waals surface area contributed by atoms with Crippen LogP contribution in [0.3, 0.4) is 0 Å². The minimum atomic E-state index is -0.848. The molecule has 0 bridgehead atoms. The second-order valence-electron chi connectivity index (χ2n) is 5.15. The zero-order valence-electron chi connectivity index (χ0n) is 11.6. The number of hydrogen-bond acceptors (Lipinski definition) is 3. The van der Waals surface area contributed by atoms with Gasteiger partial charge in [-0.15, -0.1) is 0 Å². The number of rotatable bonds is 4. The summed E-state index contributed by atoms with van der Waals surface area (Å²) < 4.78 is 8.46. The van der Waals surface area contributed by atoms with Crippen LogP contribution in [0.5, 0.6) is 5.75 Å². The molecule has 1 aromatic heterocycles. The quantitative estimate of drug-likeness (QED) is 0.917. The lowest BCUT2D eigenvalue weighted by Crippen LogP contribution is -2.50. The van der Waals surface area contributed by atoms with E-state index in [0.29, 0.717) is 25.6 Å². The molecule has 1 fully saturated rings. The monoisotopic (exact) mass is 353 g/mol. The molecule has 1 saturated heterocycles. The van der Waals surface area contributed by atoms with E-state index >= 15 is 0 Å². The smallest absolute Gasteiger partial charge is 0.407 e. The van der Waals surface area contributed by atoms with Crippen LogP contribution in [0.1, 0.15) is 6.92 Å². The Hall–Kier alpha value is -1.76. The number of carboxylic acid groups (broad SMARTS) is 1. The molecule has 1 amide bonds. The molecule has 1 N–H and O–H groups in total. The summed E-state index contributed by atoms with van der Waals surface area (Å²) in [5, 5.41) is 14.4. The van der Waals surface area contributed by atoms with Crippen LogP contribution in [0.15, 0.2) is 22.8 Å². The third kappa shape index (κ3) is 2.70. The Morgan fingerprint density at radius 3 is 2.95 bits per heavy atom. The third-order valence-corrected chi connectivity index (χ3v) is 4.23. The molecular formula is C14H16BrN3O3. The molecule has 0 aliphatic carbocycles. The largest absolute Gasteiger partial charge is 0.492 e. The van der Waals surface area contributed by atoms with Gasteiger partial charge in [-0.2, -0.15) is 5.10 Å². The number of fused-ring (bicyclic) bond motifs is 1. The molecule has 3 rings (SSSR count). The van der Waals surface area contributed by atoms with Crippen molar-refractivity contribution in [2.75, 3.05) is 19.7 Å². The fourth-order valence-corrected chi connectivity index (χ4v) is 3.04. The Morgan fingerprint density at radius 2 is 2.29 bits per heavy atom. The van der Waals surface area contributed by atoms with Gasteiger partial charge in [0.05, 0.1) is 22.0 Å². The predicted molar refractivity (Wildman–Crippen MR) is 81.7 cm³/mol. The molecule has 7 heteroatoms. The molecule has 112 valence electrons.